The summed E-state index contributed by atoms with van der Waals surface area (Å²) in [5.41, 5.74) is 0.983. The lowest BCUT2D eigenvalue weighted by Crippen LogP contribution is -2.38. The van der Waals surface area contributed by atoms with Crippen molar-refractivity contribution < 1.29 is 4.74 Å². The number of ether oxygens (including phenoxy) is 1. The topological polar surface area (TPSA) is 38.2 Å². The van der Waals surface area contributed by atoms with Crippen molar-refractivity contribution in [3.63, 3.8) is 0 Å². The molecule has 0 amide bonds. The van der Waals surface area contributed by atoms with E-state index in [1.807, 2.05) is 42.5 Å². The molecule has 4 rings (SSSR count). The molecule has 2 aromatic carbocycles. The molecule has 0 spiro atoms. The zero-order valence-electron chi connectivity index (χ0n) is 13.2. The third-order valence-corrected chi connectivity index (χ3v) is 4.71. The highest BCUT2D eigenvalue weighted by atomic mass is 35.5. The molecule has 122 valence electrons. The van der Waals surface area contributed by atoms with Gasteiger partial charge in [0.1, 0.15) is 24.0 Å². The van der Waals surface area contributed by atoms with E-state index < -0.39 is 0 Å². The van der Waals surface area contributed by atoms with Gasteiger partial charge in [0, 0.05) is 31.3 Å². The van der Waals surface area contributed by atoms with Crippen LogP contribution in [-0.4, -0.2) is 29.2 Å². The molecule has 0 aliphatic carbocycles. The predicted molar refractivity (Wildman–Crippen MR) is 96.9 cm³/mol. The highest BCUT2D eigenvalue weighted by molar-refractivity contribution is 6.32. The highest BCUT2D eigenvalue weighted by Gasteiger charge is 2.23. The van der Waals surface area contributed by atoms with Gasteiger partial charge >= 0.3 is 0 Å². The summed E-state index contributed by atoms with van der Waals surface area (Å²) in [5.74, 6) is 1.78. The molecule has 0 saturated carbocycles. The Bertz CT molecular complexity index is 841. The molecule has 1 aliphatic heterocycles. The molecule has 24 heavy (non-hydrogen) atoms. The van der Waals surface area contributed by atoms with Gasteiger partial charge in [-0.15, -0.1) is 0 Å². The Balaban J connectivity index is 1.47. The second kappa shape index (κ2) is 6.65. The Morgan fingerprint density at radius 3 is 2.54 bits per heavy atom. The molecule has 3 aromatic rings. The largest absolute Gasteiger partial charge is 0.489 e. The second-order valence-electron chi connectivity index (χ2n) is 5.95. The number of aromatic nitrogens is 2. The minimum atomic E-state index is 0.189. The number of nitrogens with zero attached hydrogens (tertiary/aromatic N) is 3. The fraction of sp³-hybridized carbons (Fsp3) is 0.263. The summed E-state index contributed by atoms with van der Waals surface area (Å²) in [6.07, 6.45) is 3.73. The van der Waals surface area contributed by atoms with Crippen molar-refractivity contribution >= 4 is 28.3 Å². The van der Waals surface area contributed by atoms with Crippen LogP contribution in [0.4, 0.5) is 5.82 Å². The Labute approximate surface area is 146 Å². The van der Waals surface area contributed by atoms with Gasteiger partial charge in [0.15, 0.2) is 0 Å². The van der Waals surface area contributed by atoms with Gasteiger partial charge in [-0.3, -0.25) is 0 Å². The summed E-state index contributed by atoms with van der Waals surface area (Å²) in [6.45, 7) is 1.83. The summed E-state index contributed by atoms with van der Waals surface area (Å²) in [6, 6.07) is 15.8. The van der Waals surface area contributed by atoms with E-state index in [0.717, 1.165) is 48.4 Å². The van der Waals surface area contributed by atoms with Crippen LogP contribution in [0.25, 0.3) is 10.9 Å². The molecular formula is C19H18ClN3O. The number of benzene rings is 2. The van der Waals surface area contributed by atoms with Crippen molar-refractivity contribution in [3.8, 4) is 5.75 Å². The van der Waals surface area contributed by atoms with Crippen LogP contribution < -0.4 is 9.64 Å². The summed E-state index contributed by atoms with van der Waals surface area (Å²) in [5, 5.41) is 1.77. The van der Waals surface area contributed by atoms with Gasteiger partial charge in [-0.1, -0.05) is 35.9 Å². The number of rotatable bonds is 3. The van der Waals surface area contributed by atoms with Gasteiger partial charge in [0.05, 0.1) is 10.5 Å². The molecular weight excluding hydrogens is 322 g/mol. The van der Waals surface area contributed by atoms with Crippen LogP contribution in [0.15, 0.2) is 54.9 Å². The first-order valence-electron chi connectivity index (χ1n) is 8.17. The number of halogens is 1. The molecule has 1 aliphatic rings. The van der Waals surface area contributed by atoms with E-state index in [2.05, 4.69) is 20.9 Å². The molecule has 4 nitrogen and oxygen atoms in total. The lowest BCUT2D eigenvalue weighted by Gasteiger charge is -2.33. The SMILES string of the molecule is Clc1ccccc1OC1CCN(c2ncnc3ccccc23)CC1. The number of hydrogen-bond donors (Lipinski definition) is 0. The van der Waals surface area contributed by atoms with E-state index in [4.69, 9.17) is 16.3 Å². The summed E-state index contributed by atoms with van der Waals surface area (Å²) < 4.78 is 6.07. The molecule has 0 radical (unpaired) electrons. The lowest BCUT2D eigenvalue weighted by molar-refractivity contribution is 0.171. The number of fused-ring (bicyclic) bond motifs is 1. The first kappa shape index (κ1) is 15.2. The normalized spacial score (nSPS) is 15.6. The number of anilines is 1. The van der Waals surface area contributed by atoms with Gasteiger partial charge in [-0.25, -0.2) is 9.97 Å². The molecule has 0 N–H and O–H groups in total. The van der Waals surface area contributed by atoms with Gasteiger partial charge in [0.25, 0.3) is 0 Å². The Morgan fingerprint density at radius 2 is 1.71 bits per heavy atom. The first-order valence-corrected chi connectivity index (χ1v) is 8.55. The molecule has 0 atom stereocenters. The standard InChI is InChI=1S/C19H18ClN3O/c20-16-6-2-4-8-18(16)24-14-9-11-23(12-10-14)19-15-5-1-3-7-17(15)21-13-22-19/h1-8,13-14H,9-12H2. The molecule has 0 unspecified atom stereocenters. The molecule has 1 saturated heterocycles. The van der Waals surface area contributed by atoms with E-state index in [0.29, 0.717) is 5.02 Å². The smallest absolute Gasteiger partial charge is 0.139 e. The van der Waals surface area contributed by atoms with E-state index in [-0.39, 0.29) is 6.10 Å². The zero-order chi connectivity index (χ0) is 16.4. The zero-order valence-corrected chi connectivity index (χ0v) is 14.0. The summed E-state index contributed by atoms with van der Waals surface area (Å²) in [4.78, 5) is 11.2. The monoisotopic (exact) mass is 339 g/mol. The van der Waals surface area contributed by atoms with E-state index >= 15 is 0 Å². The summed E-state index contributed by atoms with van der Waals surface area (Å²) >= 11 is 6.18. The minimum absolute atomic E-state index is 0.189. The van der Waals surface area contributed by atoms with Crippen LogP contribution in [0.1, 0.15) is 12.8 Å². The Hall–Kier alpha value is -2.33. The van der Waals surface area contributed by atoms with Crippen LogP contribution in [-0.2, 0) is 0 Å². The average molecular weight is 340 g/mol. The second-order valence-corrected chi connectivity index (χ2v) is 6.36. The van der Waals surface area contributed by atoms with Crippen LogP contribution in [0.3, 0.4) is 0 Å². The summed E-state index contributed by atoms with van der Waals surface area (Å²) in [7, 11) is 0. The third-order valence-electron chi connectivity index (χ3n) is 4.39. The number of hydrogen-bond acceptors (Lipinski definition) is 4. The maximum atomic E-state index is 6.18. The molecule has 0 bridgehead atoms. The van der Waals surface area contributed by atoms with Crippen LogP contribution in [0.2, 0.25) is 5.02 Å². The Kier molecular flexibility index (Phi) is 4.22. The van der Waals surface area contributed by atoms with Crippen molar-refractivity contribution in [1.29, 1.82) is 0 Å². The lowest BCUT2D eigenvalue weighted by atomic mass is 10.1. The van der Waals surface area contributed by atoms with Gasteiger partial charge in [-0.05, 0) is 24.3 Å². The van der Waals surface area contributed by atoms with Gasteiger partial charge in [-0.2, -0.15) is 0 Å². The van der Waals surface area contributed by atoms with E-state index in [1.165, 1.54) is 0 Å². The van der Waals surface area contributed by atoms with Crippen molar-refractivity contribution in [2.24, 2.45) is 0 Å². The van der Waals surface area contributed by atoms with Crippen molar-refractivity contribution in [3.05, 3.63) is 59.9 Å². The van der Waals surface area contributed by atoms with E-state index in [9.17, 15) is 0 Å². The van der Waals surface area contributed by atoms with Crippen molar-refractivity contribution in [1.82, 2.24) is 9.97 Å². The number of para-hydroxylation sites is 2. The maximum absolute atomic E-state index is 6.18. The molecule has 1 aromatic heterocycles. The van der Waals surface area contributed by atoms with E-state index in [1.54, 1.807) is 6.33 Å². The quantitative estimate of drug-likeness (QED) is 0.712. The minimum Gasteiger partial charge on any atom is -0.489 e. The van der Waals surface area contributed by atoms with Crippen molar-refractivity contribution in [2.75, 3.05) is 18.0 Å². The highest BCUT2D eigenvalue weighted by Crippen LogP contribution is 2.29. The van der Waals surface area contributed by atoms with Gasteiger partial charge < -0.3 is 9.64 Å². The third kappa shape index (κ3) is 3.02. The first-order chi connectivity index (χ1) is 11.8. The fourth-order valence-electron chi connectivity index (χ4n) is 3.15. The van der Waals surface area contributed by atoms with Crippen LogP contribution >= 0.6 is 11.6 Å². The molecule has 1 fully saturated rings. The fourth-order valence-corrected chi connectivity index (χ4v) is 3.33. The number of piperidine rings is 1. The van der Waals surface area contributed by atoms with Crippen LogP contribution in [0.5, 0.6) is 5.75 Å². The average Bonchev–Trinajstić information content (AvgIpc) is 2.64. The van der Waals surface area contributed by atoms with Crippen molar-refractivity contribution in [2.45, 2.75) is 18.9 Å². The maximum Gasteiger partial charge on any atom is 0.139 e. The Morgan fingerprint density at radius 1 is 0.958 bits per heavy atom. The molecule has 2 heterocycles. The van der Waals surface area contributed by atoms with Crippen LogP contribution in [0, 0.1) is 0 Å². The predicted octanol–water partition coefficient (Wildman–Crippen LogP) is 4.33. The van der Waals surface area contributed by atoms with Gasteiger partial charge in [0.2, 0.25) is 0 Å². The molecule has 5 heteroatoms.